The highest BCUT2D eigenvalue weighted by Gasteiger charge is 2.39. The summed E-state index contributed by atoms with van der Waals surface area (Å²) in [6, 6.07) is 15.5. The lowest BCUT2D eigenvalue weighted by Gasteiger charge is -2.49. The first-order valence-corrected chi connectivity index (χ1v) is 10.2. The maximum Gasteiger partial charge on any atom is 0.123 e. The average molecular weight is 381 g/mol. The minimum absolute atomic E-state index is 0.00447. The van der Waals surface area contributed by atoms with Crippen LogP contribution in [0.5, 0.6) is 5.75 Å². The lowest BCUT2D eigenvalue weighted by molar-refractivity contribution is 0.0198. The average Bonchev–Trinajstić information content (AvgIpc) is 2.75. The van der Waals surface area contributed by atoms with Crippen LogP contribution < -0.4 is 4.74 Å². The summed E-state index contributed by atoms with van der Waals surface area (Å²) in [5.41, 5.74) is 2.55. The summed E-state index contributed by atoms with van der Waals surface area (Å²) >= 11 is 0. The van der Waals surface area contributed by atoms with Gasteiger partial charge in [0.25, 0.3) is 0 Å². The van der Waals surface area contributed by atoms with Crippen molar-refractivity contribution < 1.29 is 9.13 Å². The number of rotatable bonds is 5. The Morgan fingerprint density at radius 1 is 1.00 bits per heavy atom. The molecular weight excluding hydrogens is 351 g/mol. The first-order chi connectivity index (χ1) is 13.7. The molecule has 0 spiro atoms. The number of allylic oxidation sites excluding steroid dienone is 1. The number of nitrogens with zero attached hydrogens (tertiary/aromatic N) is 2. The Balaban J connectivity index is 1.46. The molecule has 0 N–H and O–H groups in total. The van der Waals surface area contributed by atoms with Crippen LogP contribution in [0.25, 0.3) is 0 Å². The molecule has 0 aromatic heterocycles. The molecule has 1 fully saturated rings. The number of hydrogen-bond donors (Lipinski definition) is 0. The third-order valence-corrected chi connectivity index (χ3v) is 6.25. The molecule has 148 valence electrons. The second-order valence-corrected chi connectivity index (χ2v) is 7.87. The third-order valence-electron chi connectivity index (χ3n) is 6.25. The molecule has 4 heteroatoms. The van der Waals surface area contributed by atoms with E-state index in [-0.39, 0.29) is 11.4 Å². The molecular formula is C24H29FN2O. The van der Waals surface area contributed by atoms with Crippen LogP contribution in [-0.4, -0.2) is 43.1 Å². The molecule has 3 nitrogen and oxygen atoms in total. The second kappa shape index (κ2) is 8.46. The van der Waals surface area contributed by atoms with E-state index in [4.69, 9.17) is 4.74 Å². The standard InChI is InChI=1S/C24H29FN2O/c1-28-23-7-5-6-20(18-23)19-26-14-16-27(17-15-26)24(12-3-2-4-13-24)21-8-10-22(25)11-9-21/h2-3,5-11,18H,4,12-17,19H2,1H3. The normalized spacial score (nSPS) is 23.6. The fraction of sp³-hybridized carbons (Fsp3) is 0.417. The maximum atomic E-state index is 13.5. The van der Waals surface area contributed by atoms with Crippen LogP contribution in [0, 0.1) is 5.82 Å². The smallest absolute Gasteiger partial charge is 0.123 e. The van der Waals surface area contributed by atoms with Crippen molar-refractivity contribution >= 4 is 0 Å². The van der Waals surface area contributed by atoms with E-state index in [1.54, 1.807) is 19.2 Å². The van der Waals surface area contributed by atoms with Crippen molar-refractivity contribution in [3.05, 3.63) is 77.6 Å². The van der Waals surface area contributed by atoms with E-state index >= 15 is 0 Å². The maximum absolute atomic E-state index is 13.5. The number of halogens is 1. The van der Waals surface area contributed by atoms with E-state index in [0.717, 1.165) is 57.7 Å². The summed E-state index contributed by atoms with van der Waals surface area (Å²) in [7, 11) is 1.71. The molecule has 1 aliphatic heterocycles. The summed E-state index contributed by atoms with van der Waals surface area (Å²) in [6.07, 6.45) is 7.78. The van der Waals surface area contributed by atoms with Gasteiger partial charge in [-0.3, -0.25) is 9.80 Å². The SMILES string of the molecule is COc1cccc(CN2CCN(C3(c4ccc(F)cc4)CC=CCC3)CC2)c1. The molecule has 2 aromatic carbocycles. The Hall–Kier alpha value is -2.17. The number of piperazine rings is 1. The van der Waals surface area contributed by atoms with Gasteiger partial charge in [-0.1, -0.05) is 36.4 Å². The van der Waals surface area contributed by atoms with E-state index in [2.05, 4.69) is 40.2 Å². The molecule has 4 rings (SSSR count). The fourth-order valence-corrected chi connectivity index (χ4v) is 4.68. The third kappa shape index (κ3) is 3.98. The van der Waals surface area contributed by atoms with Gasteiger partial charge in [-0.05, 0) is 54.7 Å². The number of benzene rings is 2. The van der Waals surface area contributed by atoms with Crippen molar-refractivity contribution in [3.8, 4) is 5.75 Å². The summed E-state index contributed by atoms with van der Waals surface area (Å²) < 4.78 is 18.8. The zero-order chi connectivity index (χ0) is 19.4. The summed E-state index contributed by atoms with van der Waals surface area (Å²) in [5.74, 6) is 0.758. The fourth-order valence-electron chi connectivity index (χ4n) is 4.68. The summed E-state index contributed by atoms with van der Waals surface area (Å²) in [6.45, 7) is 5.12. The lowest BCUT2D eigenvalue weighted by atomic mass is 9.77. The van der Waals surface area contributed by atoms with Gasteiger partial charge in [0.15, 0.2) is 0 Å². The predicted octanol–water partition coefficient (Wildman–Crippen LogP) is 4.59. The van der Waals surface area contributed by atoms with Crippen molar-refractivity contribution in [2.75, 3.05) is 33.3 Å². The summed E-state index contributed by atoms with van der Waals surface area (Å²) in [5, 5.41) is 0. The molecule has 1 heterocycles. The van der Waals surface area contributed by atoms with E-state index in [9.17, 15) is 4.39 Å². The van der Waals surface area contributed by atoms with Crippen LogP contribution in [0.3, 0.4) is 0 Å². The van der Waals surface area contributed by atoms with Crippen LogP contribution in [0.15, 0.2) is 60.7 Å². The van der Waals surface area contributed by atoms with E-state index in [0.29, 0.717) is 0 Å². The number of methoxy groups -OCH3 is 1. The highest BCUT2D eigenvalue weighted by molar-refractivity contribution is 5.29. The van der Waals surface area contributed by atoms with Crippen molar-refractivity contribution in [3.63, 3.8) is 0 Å². The Bertz CT molecular complexity index is 812. The minimum Gasteiger partial charge on any atom is -0.497 e. The first-order valence-electron chi connectivity index (χ1n) is 10.2. The van der Waals surface area contributed by atoms with Gasteiger partial charge in [0, 0.05) is 38.3 Å². The van der Waals surface area contributed by atoms with Gasteiger partial charge in [0.2, 0.25) is 0 Å². The van der Waals surface area contributed by atoms with E-state index in [1.807, 2.05) is 18.2 Å². The molecule has 1 atom stereocenters. The van der Waals surface area contributed by atoms with Crippen LogP contribution >= 0.6 is 0 Å². The first kappa shape index (κ1) is 19.2. The molecule has 2 aromatic rings. The van der Waals surface area contributed by atoms with Crippen molar-refractivity contribution in [1.29, 1.82) is 0 Å². The Labute approximate surface area is 167 Å². The van der Waals surface area contributed by atoms with Crippen LogP contribution in [-0.2, 0) is 12.1 Å². The minimum atomic E-state index is -0.159. The van der Waals surface area contributed by atoms with Gasteiger partial charge in [-0.2, -0.15) is 0 Å². The molecule has 28 heavy (non-hydrogen) atoms. The number of hydrogen-bond acceptors (Lipinski definition) is 3. The Morgan fingerprint density at radius 3 is 2.46 bits per heavy atom. The van der Waals surface area contributed by atoms with E-state index in [1.165, 1.54) is 11.1 Å². The van der Waals surface area contributed by atoms with Crippen LogP contribution in [0.4, 0.5) is 4.39 Å². The zero-order valence-corrected chi connectivity index (χ0v) is 16.6. The van der Waals surface area contributed by atoms with Crippen molar-refractivity contribution in [2.45, 2.75) is 31.3 Å². The second-order valence-electron chi connectivity index (χ2n) is 7.87. The molecule has 1 aliphatic carbocycles. The quantitative estimate of drug-likeness (QED) is 0.706. The molecule has 0 saturated carbocycles. The van der Waals surface area contributed by atoms with Gasteiger partial charge >= 0.3 is 0 Å². The van der Waals surface area contributed by atoms with Crippen LogP contribution in [0.2, 0.25) is 0 Å². The van der Waals surface area contributed by atoms with Gasteiger partial charge in [-0.15, -0.1) is 0 Å². The van der Waals surface area contributed by atoms with Crippen molar-refractivity contribution in [2.24, 2.45) is 0 Å². The Morgan fingerprint density at radius 2 is 1.79 bits per heavy atom. The van der Waals surface area contributed by atoms with Gasteiger partial charge < -0.3 is 4.74 Å². The lowest BCUT2D eigenvalue weighted by Crippen LogP contribution is -2.55. The van der Waals surface area contributed by atoms with Gasteiger partial charge in [0.1, 0.15) is 11.6 Å². The molecule has 1 unspecified atom stereocenters. The Kier molecular flexibility index (Phi) is 5.79. The monoisotopic (exact) mass is 380 g/mol. The molecule has 0 amide bonds. The van der Waals surface area contributed by atoms with E-state index < -0.39 is 0 Å². The van der Waals surface area contributed by atoms with Gasteiger partial charge in [0.05, 0.1) is 7.11 Å². The predicted molar refractivity (Wildman–Crippen MR) is 111 cm³/mol. The zero-order valence-electron chi connectivity index (χ0n) is 16.6. The molecule has 0 radical (unpaired) electrons. The van der Waals surface area contributed by atoms with Crippen LogP contribution in [0.1, 0.15) is 30.4 Å². The molecule has 2 aliphatic rings. The summed E-state index contributed by atoms with van der Waals surface area (Å²) in [4.78, 5) is 5.15. The highest BCUT2D eigenvalue weighted by atomic mass is 19.1. The topological polar surface area (TPSA) is 15.7 Å². The highest BCUT2D eigenvalue weighted by Crippen LogP contribution is 2.40. The molecule has 1 saturated heterocycles. The molecule has 0 bridgehead atoms. The largest absolute Gasteiger partial charge is 0.497 e. The van der Waals surface area contributed by atoms with Crippen molar-refractivity contribution in [1.82, 2.24) is 9.80 Å². The van der Waals surface area contributed by atoms with Gasteiger partial charge in [-0.25, -0.2) is 4.39 Å². The number of ether oxygens (including phenoxy) is 1.